The lowest BCUT2D eigenvalue weighted by molar-refractivity contribution is -0.142. The summed E-state index contributed by atoms with van der Waals surface area (Å²) < 4.78 is 4.81. The van der Waals surface area contributed by atoms with Gasteiger partial charge in [-0.05, 0) is 12.7 Å². The van der Waals surface area contributed by atoms with Crippen LogP contribution in [0.1, 0.15) is 19.5 Å². The first-order valence-corrected chi connectivity index (χ1v) is 5.84. The van der Waals surface area contributed by atoms with Crippen LogP contribution in [-0.2, 0) is 16.0 Å². The van der Waals surface area contributed by atoms with Crippen LogP contribution in [0.4, 0.5) is 0 Å². The van der Waals surface area contributed by atoms with Gasteiger partial charge in [0.1, 0.15) is 5.03 Å². The fourth-order valence-corrected chi connectivity index (χ4v) is 1.57. The fourth-order valence-electron chi connectivity index (χ4n) is 1.02. The lowest BCUT2D eigenvalue weighted by Gasteiger charge is -2.01. The topological polar surface area (TPSA) is 52.1 Å². The van der Waals surface area contributed by atoms with Crippen LogP contribution in [0.5, 0.6) is 0 Å². The maximum absolute atomic E-state index is 11.1. The van der Waals surface area contributed by atoms with Crippen molar-refractivity contribution >= 4 is 17.7 Å². The predicted molar refractivity (Wildman–Crippen MR) is 58.8 cm³/mol. The minimum absolute atomic E-state index is 0.192. The van der Waals surface area contributed by atoms with Gasteiger partial charge in [-0.1, -0.05) is 6.92 Å². The number of ether oxygens (including phenoxy) is 1. The number of carbonyl (C=O) groups excluding carboxylic acids is 1. The summed E-state index contributed by atoms with van der Waals surface area (Å²) in [6.45, 7) is 4.24. The van der Waals surface area contributed by atoms with Crippen LogP contribution in [0.3, 0.4) is 0 Å². The van der Waals surface area contributed by atoms with E-state index in [1.165, 1.54) is 0 Å². The normalized spacial score (nSPS) is 10.0. The van der Waals surface area contributed by atoms with E-state index in [1.54, 1.807) is 31.1 Å². The van der Waals surface area contributed by atoms with Crippen molar-refractivity contribution < 1.29 is 9.53 Å². The summed E-state index contributed by atoms with van der Waals surface area (Å²) >= 11 is 1.62. The van der Waals surface area contributed by atoms with Gasteiger partial charge in [0.2, 0.25) is 0 Å². The first-order chi connectivity index (χ1) is 7.26. The van der Waals surface area contributed by atoms with Crippen molar-refractivity contribution in [2.45, 2.75) is 25.3 Å². The maximum Gasteiger partial charge on any atom is 0.311 e. The fraction of sp³-hybridized carbons (Fsp3) is 0.500. The van der Waals surface area contributed by atoms with E-state index in [9.17, 15) is 4.79 Å². The molecule has 5 heteroatoms. The van der Waals surface area contributed by atoms with Crippen LogP contribution < -0.4 is 0 Å². The van der Waals surface area contributed by atoms with E-state index >= 15 is 0 Å². The summed E-state index contributed by atoms with van der Waals surface area (Å²) in [6, 6.07) is 0. The number of rotatable bonds is 5. The lowest BCUT2D eigenvalue weighted by Crippen LogP contribution is -2.08. The molecule has 0 unspecified atom stereocenters. The molecule has 82 valence electrons. The molecule has 0 radical (unpaired) electrons. The van der Waals surface area contributed by atoms with E-state index in [-0.39, 0.29) is 12.4 Å². The number of hydrogen-bond donors (Lipinski definition) is 0. The Labute approximate surface area is 93.5 Å². The van der Waals surface area contributed by atoms with Gasteiger partial charge >= 0.3 is 5.97 Å². The third-order valence-electron chi connectivity index (χ3n) is 1.60. The SMILES string of the molecule is CCOC(=O)Cc1cnc(SCC)cn1. The highest BCUT2D eigenvalue weighted by atomic mass is 32.2. The van der Waals surface area contributed by atoms with Crippen LogP contribution in [-0.4, -0.2) is 28.3 Å². The molecule has 0 N–H and O–H groups in total. The second-order valence-electron chi connectivity index (χ2n) is 2.76. The Morgan fingerprint density at radius 2 is 2.20 bits per heavy atom. The van der Waals surface area contributed by atoms with E-state index in [0.29, 0.717) is 12.3 Å². The van der Waals surface area contributed by atoms with Crippen molar-refractivity contribution in [1.82, 2.24) is 9.97 Å². The Kier molecular flexibility index (Phi) is 5.10. The van der Waals surface area contributed by atoms with E-state index < -0.39 is 0 Å². The summed E-state index contributed by atoms with van der Waals surface area (Å²) in [5.41, 5.74) is 0.647. The minimum atomic E-state index is -0.261. The van der Waals surface area contributed by atoms with Crippen LogP contribution in [0, 0.1) is 0 Å². The number of esters is 1. The highest BCUT2D eigenvalue weighted by Crippen LogP contribution is 2.12. The molecule has 15 heavy (non-hydrogen) atoms. The highest BCUT2D eigenvalue weighted by molar-refractivity contribution is 7.99. The Morgan fingerprint density at radius 1 is 1.40 bits per heavy atom. The third-order valence-corrected chi connectivity index (χ3v) is 2.40. The smallest absolute Gasteiger partial charge is 0.311 e. The number of hydrogen-bond acceptors (Lipinski definition) is 5. The van der Waals surface area contributed by atoms with Crippen molar-refractivity contribution in [3.05, 3.63) is 18.1 Å². The molecule has 1 heterocycles. The highest BCUT2D eigenvalue weighted by Gasteiger charge is 2.05. The Bertz CT molecular complexity index is 314. The van der Waals surface area contributed by atoms with Crippen molar-refractivity contribution in [3.63, 3.8) is 0 Å². The van der Waals surface area contributed by atoms with E-state index in [1.807, 2.05) is 0 Å². The van der Waals surface area contributed by atoms with Gasteiger partial charge in [-0.25, -0.2) is 4.98 Å². The van der Waals surface area contributed by atoms with Crippen molar-refractivity contribution in [3.8, 4) is 0 Å². The maximum atomic E-state index is 11.1. The Morgan fingerprint density at radius 3 is 2.73 bits per heavy atom. The molecule has 0 aliphatic carbocycles. The molecule has 0 aliphatic heterocycles. The molecule has 1 aromatic rings. The van der Waals surface area contributed by atoms with Crippen LogP contribution in [0.25, 0.3) is 0 Å². The molecular weight excluding hydrogens is 212 g/mol. The minimum Gasteiger partial charge on any atom is -0.466 e. The van der Waals surface area contributed by atoms with Crippen LogP contribution >= 0.6 is 11.8 Å². The van der Waals surface area contributed by atoms with Gasteiger partial charge in [0.15, 0.2) is 0 Å². The molecule has 4 nitrogen and oxygen atoms in total. The Balaban J connectivity index is 2.52. The summed E-state index contributed by atoms with van der Waals surface area (Å²) in [5.74, 6) is 0.703. The molecule has 1 rings (SSSR count). The molecule has 0 atom stereocenters. The number of aromatic nitrogens is 2. The predicted octanol–water partition coefficient (Wildman–Crippen LogP) is 1.69. The third kappa shape index (κ3) is 4.29. The standard InChI is InChI=1S/C10H14N2O2S/c1-3-14-10(13)5-8-6-12-9(7-11-8)15-4-2/h6-7H,3-5H2,1-2H3. The monoisotopic (exact) mass is 226 g/mol. The van der Waals surface area contributed by atoms with Gasteiger partial charge in [0.05, 0.1) is 31.1 Å². The van der Waals surface area contributed by atoms with Gasteiger partial charge in [0.25, 0.3) is 0 Å². The molecule has 1 aromatic heterocycles. The average Bonchev–Trinajstić information content (AvgIpc) is 2.22. The first kappa shape index (κ1) is 12.0. The molecular formula is C10H14N2O2S. The van der Waals surface area contributed by atoms with Crippen LogP contribution in [0.2, 0.25) is 0 Å². The van der Waals surface area contributed by atoms with Crippen molar-refractivity contribution in [1.29, 1.82) is 0 Å². The summed E-state index contributed by atoms with van der Waals surface area (Å²) in [6.07, 6.45) is 3.50. The van der Waals surface area contributed by atoms with Gasteiger partial charge in [0, 0.05) is 0 Å². The average molecular weight is 226 g/mol. The molecule has 0 bridgehead atoms. The molecule has 0 amide bonds. The zero-order valence-corrected chi connectivity index (χ0v) is 9.71. The zero-order chi connectivity index (χ0) is 11.1. The molecule has 0 saturated carbocycles. The Hall–Kier alpha value is -1.10. The summed E-state index contributed by atoms with van der Waals surface area (Å²) in [4.78, 5) is 19.4. The van der Waals surface area contributed by atoms with Gasteiger partial charge in [-0.2, -0.15) is 0 Å². The van der Waals surface area contributed by atoms with Crippen molar-refractivity contribution in [2.75, 3.05) is 12.4 Å². The largest absolute Gasteiger partial charge is 0.466 e. The number of nitrogens with zero attached hydrogens (tertiary/aromatic N) is 2. The van der Waals surface area contributed by atoms with Gasteiger partial charge in [-0.15, -0.1) is 11.8 Å². The molecule has 0 saturated heterocycles. The quantitative estimate of drug-likeness (QED) is 0.565. The van der Waals surface area contributed by atoms with Crippen molar-refractivity contribution in [2.24, 2.45) is 0 Å². The summed E-state index contributed by atoms with van der Waals surface area (Å²) in [5, 5.41) is 0.880. The molecule has 0 fully saturated rings. The van der Waals surface area contributed by atoms with E-state index in [4.69, 9.17) is 4.74 Å². The summed E-state index contributed by atoms with van der Waals surface area (Å²) in [7, 11) is 0. The molecule has 0 aliphatic rings. The van der Waals surface area contributed by atoms with Crippen LogP contribution in [0.15, 0.2) is 17.4 Å². The molecule has 0 spiro atoms. The van der Waals surface area contributed by atoms with Gasteiger partial charge < -0.3 is 4.74 Å². The number of thioether (sulfide) groups is 1. The first-order valence-electron chi connectivity index (χ1n) is 4.85. The second-order valence-corrected chi connectivity index (χ2v) is 4.05. The number of carbonyl (C=O) groups is 1. The zero-order valence-electron chi connectivity index (χ0n) is 8.90. The van der Waals surface area contributed by atoms with Gasteiger partial charge in [-0.3, -0.25) is 9.78 Å². The molecule has 0 aromatic carbocycles. The second kappa shape index (κ2) is 6.40. The van der Waals surface area contributed by atoms with E-state index in [2.05, 4.69) is 16.9 Å². The lowest BCUT2D eigenvalue weighted by atomic mass is 10.3. The van der Waals surface area contributed by atoms with E-state index in [0.717, 1.165) is 10.8 Å².